The molecule has 0 radical (unpaired) electrons. The Kier molecular flexibility index (Phi) is 4.27. The number of halogens is 2. The van der Waals surface area contributed by atoms with E-state index >= 15 is 0 Å². The Balaban J connectivity index is 1.55. The normalized spacial score (nSPS) is 12.6. The number of carbonyl (C=O) groups excluding carboxylic acids is 1. The molecule has 0 spiro atoms. The molecule has 0 unspecified atom stereocenters. The minimum absolute atomic E-state index is 0.112. The van der Waals surface area contributed by atoms with Crippen molar-refractivity contribution in [2.75, 3.05) is 5.32 Å². The Morgan fingerprint density at radius 3 is 2.84 bits per heavy atom. The van der Waals surface area contributed by atoms with Crippen molar-refractivity contribution in [2.24, 2.45) is 7.05 Å². The van der Waals surface area contributed by atoms with Crippen molar-refractivity contribution in [1.29, 1.82) is 0 Å². The third kappa shape index (κ3) is 3.05. The Morgan fingerprint density at radius 1 is 1.32 bits per heavy atom. The molecule has 4 rings (SSSR count). The molecular weight excluding hydrogens is 379 g/mol. The van der Waals surface area contributed by atoms with Crippen LogP contribution in [0, 0.1) is 0 Å². The Labute approximate surface area is 158 Å². The fourth-order valence-corrected chi connectivity index (χ4v) is 4.52. The minimum atomic E-state index is -0.187. The average Bonchev–Trinajstić information content (AvgIpc) is 3.14. The van der Waals surface area contributed by atoms with E-state index in [1.807, 2.05) is 17.9 Å². The molecule has 0 aliphatic heterocycles. The molecule has 1 aromatic carbocycles. The van der Waals surface area contributed by atoms with Crippen LogP contribution in [0.3, 0.4) is 0 Å². The van der Waals surface area contributed by atoms with Gasteiger partial charge >= 0.3 is 0 Å². The van der Waals surface area contributed by atoms with Gasteiger partial charge in [-0.15, -0.1) is 11.3 Å². The van der Waals surface area contributed by atoms with Crippen LogP contribution >= 0.6 is 34.5 Å². The zero-order valence-electron chi connectivity index (χ0n) is 13.3. The molecule has 2 aromatic heterocycles. The summed E-state index contributed by atoms with van der Waals surface area (Å²) in [5, 5.41) is 8.74. The lowest BCUT2D eigenvalue weighted by Crippen LogP contribution is -2.14. The molecular formula is C17H14Cl2N4OS. The smallest absolute Gasteiger partial charge is 0.230 e. The lowest BCUT2D eigenvalue weighted by molar-refractivity contribution is -0.115. The molecule has 0 saturated carbocycles. The van der Waals surface area contributed by atoms with Crippen molar-refractivity contribution >= 4 is 45.6 Å². The summed E-state index contributed by atoms with van der Waals surface area (Å²) in [5.74, 6) is -0.187. The van der Waals surface area contributed by atoms with Gasteiger partial charge in [0.25, 0.3) is 0 Å². The van der Waals surface area contributed by atoms with Gasteiger partial charge in [0.1, 0.15) is 0 Å². The highest BCUT2D eigenvalue weighted by atomic mass is 35.5. The number of anilines is 1. The van der Waals surface area contributed by atoms with Gasteiger partial charge in [-0.25, -0.2) is 4.98 Å². The van der Waals surface area contributed by atoms with Gasteiger partial charge in [-0.05, 0) is 30.5 Å². The van der Waals surface area contributed by atoms with Gasteiger partial charge < -0.3 is 5.32 Å². The summed E-state index contributed by atoms with van der Waals surface area (Å²) in [6.07, 6.45) is 3.79. The van der Waals surface area contributed by atoms with E-state index in [2.05, 4.69) is 15.4 Å². The first kappa shape index (κ1) is 16.6. The maximum Gasteiger partial charge on any atom is 0.230 e. The van der Waals surface area contributed by atoms with Gasteiger partial charge in [-0.2, -0.15) is 5.10 Å². The standard InChI is InChI=1S/C17H14Cl2N4OS/c1-23-13-5-6-14-16(10(13)8-20-23)22-17(25-14)21-15(24)7-9-11(18)3-2-4-12(9)19/h2-4,8H,5-7H2,1H3,(H,21,22,24). The van der Waals surface area contributed by atoms with Crippen LogP contribution in [0.15, 0.2) is 24.4 Å². The highest BCUT2D eigenvalue weighted by Gasteiger charge is 2.24. The van der Waals surface area contributed by atoms with E-state index < -0.39 is 0 Å². The number of carbonyl (C=O) groups is 1. The van der Waals surface area contributed by atoms with Crippen molar-refractivity contribution in [3.8, 4) is 11.3 Å². The van der Waals surface area contributed by atoms with Gasteiger partial charge in [-0.1, -0.05) is 29.3 Å². The van der Waals surface area contributed by atoms with E-state index in [-0.39, 0.29) is 12.3 Å². The SMILES string of the molecule is Cn1ncc2c1CCc1sc(NC(=O)Cc3c(Cl)cccc3Cl)nc1-2. The van der Waals surface area contributed by atoms with Gasteiger partial charge in [0.2, 0.25) is 5.91 Å². The van der Waals surface area contributed by atoms with Crippen molar-refractivity contribution in [2.45, 2.75) is 19.3 Å². The largest absolute Gasteiger partial charge is 0.302 e. The highest BCUT2D eigenvalue weighted by Crippen LogP contribution is 2.38. The lowest BCUT2D eigenvalue weighted by Gasteiger charge is -2.10. The third-order valence-corrected chi connectivity index (χ3v) is 5.99. The molecule has 2 heterocycles. The quantitative estimate of drug-likeness (QED) is 0.728. The van der Waals surface area contributed by atoms with Crippen LogP contribution in [0.1, 0.15) is 16.1 Å². The first-order valence-electron chi connectivity index (χ1n) is 7.76. The predicted octanol–water partition coefficient (Wildman–Crippen LogP) is 4.13. The molecule has 3 aromatic rings. The second kappa shape index (κ2) is 6.44. The second-order valence-electron chi connectivity index (χ2n) is 5.84. The number of amides is 1. The first-order valence-corrected chi connectivity index (χ1v) is 9.34. The van der Waals surface area contributed by atoms with Crippen LogP contribution in [0.2, 0.25) is 10.0 Å². The predicted molar refractivity (Wildman–Crippen MR) is 101 cm³/mol. The summed E-state index contributed by atoms with van der Waals surface area (Å²) in [7, 11) is 1.94. The monoisotopic (exact) mass is 392 g/mol. The summed E-state index contributed by atoms with van der Waals surface area (Å²) >= 11 is 13.8. The van der Waals surface area contributed by atoms with Crippen LogP contribution in [0.4, 0.5) is 5.13 Å². The van der Waals surface area contributed by atoms with Gasteiger partial charge in [0.15, 0.2) is 5.13 Å². The number of nitrogens with one attached hydrogen (secondary N) is 1. The third-order valence-electron chi connectivity index (χ3n) is 4.25. The number of hydrogen-bond acceptors (Lipinski definition) is 4. The number of fused-ring (bicyclic) bond motifs is 3. The zero-order valence-corrected chi connectivity index (χ0v) is 15.7. The number of thiazole rings is 1. The fourth-order valence-electron chi connectivity index (χ4n) is 3.00. The Morgan fingerprint density at radius 2 is 2.08 bits per heavy atom. The average molecular weight is 393 g/mol. The van der Waals surface area contributed by atoms with E-state index in [0.717, 1.165) is 24.1 Å². The summed E-state index contributed by atoms with van der Waals surface area (Å²) in [6.45, 7) is 0. The van der Waals surface area contributed by atoms with E-state index in [1.54, 1.807) is 18.2 Å². The molecule has 1 aliphatic rings. The number of aromatic nitrogens is 3. The van der Waals surface area contributed by atoms with Crippen molar-refractivity contribution in [1.82, 2.24) is 14.8 Å². The van der Waals surface area contributed by atoms with Crippen LogP contribution in [-0.2, 0) is 31.1 Å². The van der Waals surface area contributed by atoms with Gasteiger partial charge in [0, 0.05) is 33.2 Å². The van der Waals surface area contributed by atoms with E-state index in [1.165, 1.54) is 21.9 Å². The summed E-state index contributed by atoms with van der Waals surface area (Å²) in [6, 6.07) is 5.20. The maximum absolute atomic E-state index is 12.4. The number of benzene rings is 1. The first-order chi connectivity index (χ1) is 12.0. The van der Waals surface area contributed by atoms with Crippen molar-refractivity contribution < 1.29 is 4.79 Å². The summed E-state index contributed by atoms with van der Waals surface area (Å²) in [4.78, 5) is 18.1. The van der Waals surface area contributed by atoms with E-state index in [4.69, 9.17) is 23.2 Å². The molecule has 1 aliphatic carbocycles. The maximum atomic E-state index is 12.4. The lowest BCUT2D eigenvalue weighted by atomic mass is 10.0. The highest BCUT2D eigenvalue weighted by molar-refractivity contribution is 7.16. The number of hydrogen-bond donors (Lipinski definition) is 1. The summed E-state index contributed by atoms with van der Waals surface area (Å²) < 4.78 is 1.88. The van der Waals surface area contributed by atoms with Gasteiger partial charge in [0.05, 0.1) is 18.3 Å². The van der Waals surface area contributed by atoms with E-state index in [0.29, 0.717) is 20.7 Å². The topological polar surface area (TPSA) is 59.8 Å². The molecule has 5 nitrogen and oxygen atoms in total. The van der Waals surface area contributed by atoms with Crippen molar-refractivity contribution in [3.05, 3.63) is 50.6 Å². The zero-order chi connectivity index (χ0) is 17.6. The van der Waals surface area contributed by atoms with Crippen LogP contribution in [0.5, 0.6) is 0 Å². The molecule has 0 atom stereocenters. The fraction of sp³-hybridized carbons (Fsp3) is 0.235. The molecule has 8 heteroatoms. The Hall–Kier alpha value is -1.89. The molecule has 0 bridgehead atoms. The molecule has 1 amide bonds. The molecule has 128 valence electrons. The molecule has 1 N–H and O–H groups in total. The summed E-state index contributed by atoms with van der Waals surface area (Å²) in [5.41, 5.74) is 3.78. The minimum Gasteiger partial charge on any atom is -0.302 e. The molecule has 0 fully saturated rings. The van der Waals surface area contributed by atoms with Crippen molar-refractivity contribution in [3.63, 3.8) is 0 Å². The number of nitrogens with zero attached hydrogens (tertiary/aromatic N) is 3. The van der Waals surface area contributed by atoms with Crippen LogP contribution in [-0.4, -0.2) is 20.7 Å². The van der Waals surface area contributed by atoms with Crippen LogP contribution < -0.4 is 5.32 Å². The van der Waals surface area contributed by atoms with Gasteiger partial charge in [-0.3, -0.25) is 9.48 Å². The second-order valence-corrected chi connectivity index (χ2v) is 7.74. The molecule has 0 saturated heterocycles. The number of rotatable bonds is 3. The number of aryl methyl sites for hydroxylation is 2. The molecule has 25 heavy (non-hydrogen) atoms. The van der Waals surface area contributed by atoms with Crippen LogP contribution in [0.25, 0.3) is 11.3 Å². The Bertz CT molecular complexity index is 959. The van der Waals surface area contributed by atoms with E-state index in [9.17, 15) is 4.79 Å².